The summed E-state index contributed by atoms with van der Waals surface area (Å²) in [5.74, 6) is 0. The van der Waals surface area contributed by atoms with Crippen molar-refractivity contribution in [2.75, 3.05) is 16.4 Å². The Bertz CT molecular complexity index is 1240. The average Bonchev–Trinajstić information content (AvgIpc) is 2.89. The molecule has 4 N–H and O–H groups in total. The molecule has 3 heteroatoms. The lowest BCUT2D eigenvalue weighted by atomic mass is 10.0. The molecule has 0 aliphatic carbocycles. The van der Waals surface area contributed by atoms with Crippen LogP contribution in [0.4, 0.5) is 22.7 Å². The van der Waals surface area contributed by atoms with E-state index in [2.05, 4.69) is 102 Å². The van der Waals surface area contributed by atoms with Gasteiger partial charge in [-0.15, -0.1) is 0 Å². The third kappa shape index (κ3) is 5.71. The summed E-state index contributed by atoms with van der Waals surface area (Å²) < 4.78 is 0. The van der Waals surface area contributed by atoms with Crippen LogP contribution in [0.1, 0.15) is 13.8 Å². The molecule has 35 heavy (non-hydrogen) atoms. The number of benzene rings is 4. The second kappa shape index (κ2) is 11.1. The monoisotopic (exact) mass is 457 g/mol. The zero-order valence-electron chi connectivity index (χ0n) is 20.2. The van der Waals surface area contributed by atoms with E-state index in [9.17, 15) is 0 Å². The van der Waals surface area contributed by atoms with E-state index in [0.29, 0.717) is 0 Å². The highest BCUT2D eigenvalue weighted by molar-refractivity contribution is 5.76. The Kier molecular flexibility index (Phi) is 7.49. The lowest BCUT2D eigenvalue weighted by Crippen LogP contribution is -2.15. The molecule has 0 bridgehead atoms. The summed E-state index contributed by atoms with van der Waals surface area (Å²) in [5, 5.41) is 0. The molecular weight excluding hydrogens is 426 g/mol. The lowest BCUT2D eigenvalue weighted by molar-refractivity contribution is 1.21. The maximum Gasteiger partial charge on any atom is 0.0462 e. The topological polar surface area (TPSA) is 55.3 Å². The van der Waals surface area contributed by atoms with E-state index < -0.39 is 0 Å². The van der Waals surface area contributed by atoms with Crippen molar-refractivity contribution in [3.05, 3.63) is 133 Å². The van der Waals surface area contributed by atoms with Crippen molar-refractivity contribution >= 4 is 22.7 Å². The van der Waals surface area contributed by atoms with Gasteiger partial charge in [-0.3, -0.25) is 0 Å². The van der Waals surface area contributed by atoms with Crippen LogP contribution in [0, 0.1) is 0 Å². The maximum atomic E-state index is 5.86. The number of hydrogen-bond donors (Lipinski definition) is 2. The van der Waals surface area contributed by atoms with Gasteiger partial charge in [0, 0.05) is 28.4 Å². The van der Waals surface area contributed by atoms with Crippen LogP contribution in [0.25, 0.3) is 22.3 Å². The molecule has 0 heterocycles. The van der Waals surface area contributed by atoms with Crippen molar-refractivity contribution in [1.29, 1.82) is 0 Å². The van der Waals surface area contributed by atoms with Gasteiger partial charge in [0.1, 0.15) is 0 Å². The fourth-order valence-electron chi connectivity index (χ4n) is 3.97. The van der Waals surface area contributed by atoms with Crippen molar-refractivity contribution in [2.24, 2.45) is 0 Å². The van der Waals surface area contributed by atoms with Gasteiger partial charge in [-0.2, -0.15) is 0 Å². The molecule has 0 spiro atoms. The smallest absolute Gasteiger partial charge is 0.0462 e. The Morgan fingerprint density at radius 1 is 0.543 bits per heavy atom. The summed E-state index contributed by atoms with van der Waals surface area (Å²) >= 11 is 0. The second-order valence-electron chi connectivity index (χ2n) is 8.29. The van der Waals surface area contributed by atoms with Crippen molar-refractivity contribution < 1.29 is 0 Å². The summed E-state index contributed by atoms with van der Waals surface area (Å²) in [6, 6.07) is 33.2. The maximum absolute atomic E-state index is 5.86. The van der Waals surface area contributed by atoms with Gasteiger partial charge in [-0.05, 0) is 96.8 Å². The van der Waals surface area contributed by atoms with Crippen LogP contribution < -0.4 is 16.4 Å². The van der Waals surface area contributed by atoms with Gasteiger partial charge < -0.3 is 16.4 Å². The first-order valence-electron chi connectivity index (χ1n) is 11.8. The van der Waals surface area contributed by atoms with Gasteiger partial charge in [0.2, 0.25) is 0 Å². The molecule has 0 aliphatic heterocycles. The van der Waals surface area contributed by atoms with E-state index >= 15 is 0 Å². The fourth-order valence-corrected chi connectivity index (χ4v) is 3.97. The van der Waals surface area contributed by atoms with Gasteiger partial charge >= 0.3 is 0 Å². The summed E-state index contributed by atoms with van der Waals surface area (Å²) in [5.41, 5.74) is 21.1. The molecular formula is C32H31N3. The van der Waals surface area contributed by atoms with Crippen LogP contribution in [0.5, 0.6) is 0 Å². The zero-order chi connectivity index (χ0) is 24.6. The summed E-state index contributed by atoms with van der Waals surface area (Å²) in [6.45, 7) is 4.06. The van der Waals surface area contributed by atoms with Gasteiger partial charge in [0.05, 0.1) is 0 Å². The number of anilines is 4. The van der Waals surface area contributed by atoms with Crippen molar-refractivity contribution in [2.45, 2.75) is 13.8 Å². The van der Waals surface area contributed by atoms with Crippen LogP contribution in [-0.4, -0.2) is 0 Å². The molecule has 174 valence electrons. The molecule has 0 amide bonds. The summed E-state index contributed by atoms with van der Waals surface area (Å²) in [4.78, 5) is 2.26. The van der Waals surface area contributed by atoms with E-state index in [1.54, 1.807) is 0 Å². The lowest BCUT2D eigenvalue weighted by Gasteiger charge is -2.27. The van der Waals surface area contributed by atoms with Gasteiger partial charge in [0.15, 0.2) is 0 Å². The van der Waals surface area contributed by atoms with Crippen LogP contribution in [0.15, 0.2) is 133 Å². The quantitative estimate of drug-likeness (QED) is 0.216. The van der Waals surface area contributed by atoms with Gasteiger partial charge in [0.25, 0.3) is 0 Å². The molecule has 0 saturated heterocycles. The minimum absolute atomic E-state index is 0.768. The molecule has 4 rings (SSSR count). The minimum atomic E-state index is 0.768. The number of nitrogen functional groups attached to an aromatic ring is 2. The SMILES string of the molecule is C\C=C/C=C(\C=C/C)N(c1ccc(-c2ccc(N)cc2)cc1)c1ccc(-c2ccc(N)cc2)cc1. The van der Waals surface area contributed by atoms with Crippen LogP contribution in [0.2, 0.25) is 0 Å². The first-order chi connectivity index (χ1) is 17.1. The van der Waals surface area contributed by atoms with Crippen molar-refractivity contribution in [3.63, 3.8) is 0 Å². The average molecular weight is 458 g/mol. The Labute approximate surface area is 208 Å². The number of rotatable bonds is 7. The van der Waals surface area contributed by atoms with Crippen LogP contribution >= 0.6 is 0 Å². The molecule has 0 aliphatic rings. The van der Waals surface area contributed by atoms with Gasteiger partial charge in [-0.25, -0.2) is 0 Å². The first-order valence-corrected chi connectivity index (χ1v) is 11.8. The van der Waals surface area contributed by atoms with Crippen LogP contribution in [0.3, 0.4) is 0 Å². The molecule has 0 fully saturated rings. The Hall–Kier alpha value is -4.50. The predicted molar refractivity (Wildman–Crippen MR) is 152 cm³/mol. The van der Waals surface area contributed by atoms with E-state index in [0.717, 1.165) is 50.7 Å². The highest BCUT2D eigenvalue weighted by atomic mass is 15.1. The molecule has 0 unspecified atom stereocenters. The molecule has 4 aromatic rings. The first kappa shape index (κ1) is 23.7. The normalized spacial score (nSPS) is 11.9. The standard InChI is InChI=1S/C32H31N3/c1-3-5-7-30(6-4-2)35(31-20-12-26(13-21-31)24-8-16-28(33)17-9-24)32-22-14-27(15-23-32)25-10-18-29(34)19-11-25/h3-23H,33-34H2,1-2H3/b5-3-,6-4-,30-7+. The highest BCUT2D eigenvalue weighted by Crippen LogP contribution is 2.34. The molecule has 0 radical (unpaired) electrons. The van der Waals surface area contributed by atoms with Crippen molar-refractivity contribution in [1.82, 2.24) is 0 Å². The minimum Gasteiger partial charge on any atom is -0.399 e. The summed E-state index contributed by atoms with van der Waals surface area (Å²) in [6.07, 6.45) is 10.4. The van der Waals surface area contributed by atoms with E-state index in [-0.39, 0.29) is 0 Å². The molecule has 4 aromatic carbocycles. The fraction of sp³-hybridized carbons (Fsp3) is 0.0625. The number of nitrogens with two attached hydrogens (primary N) is 2. The molecule has 0 atom stereocenters. The third-order valence-corrected chi connectivity index (χ3v) is 5.79. The summed E-state index contributed by atoms with van der Waals surface area (Å²) in [7, 11) is 0. The Morgan fingerprint density at radius 3 is 1.26 bits per heavy atom. The Balaban J connectivity index is 1.74. The third-order valence-electron chi connectivity index (χ3n) is 5.79. The Morgan fingerprint density at radius 2 is 0.914 bits per heavy atom. The second-order valence-corrected chi connectivity index (χ2v) is 8.29. The molecule has 0 saturated carbocycles. The number of hydrogen-bond acceptors (Lipinski definition) is 3. The predicted octanol–water partition coefficient (Wildman–Crippen LogP) is 8.36. The highest BCUT2D eigenvalue weighted by Gasteiger charge is 2.13. The van der Waals surface area contributed by atoms with Crippen molar-refractivity contribution in [3.8, 4) is 22.3 Å². The van der Waals surface area contributed by atoms with E-state index in [1.807, 2.05) is 44.2 Å². The molecule has 0 aromatic heterocycles. The number of nitrogens with zero attached hydrogens (tertiary/aromatic N) is 1. The largest absolute Gasteiger partial charge is 0.399 e. The molecule has 3 nitrogen and oxygen atoms in total. The van der Waals surface area contributed by atoms with E-state index in [4.69, 9.17) is 11.5 Å². The zero-order valence-corrected chi connectivity index (χ0v) is 20.2. The van der Waals surface area contributed by atoms with Gasteiger partial charge in [-0.1, -0.05) is 66.8 Å². The number of allylic oxidation sites excluding steroid dienone is 5. The van der Waals surface area contributed by atoms with E-state index in [1.165, 1.54) is 0 Å². The van der Waals surface area contributed by atoms with Crippen LogP contribution in [-0.2, 0) is 0 Å².